The summed E-state index contributed by atoms with van der Waals surface area (Å²) in [6.45, 7) is 7.68. The molecule has 0 amide bonds. The van der Waals surface area contributed by atoms with Gasteiger partial charge in [0.1, 0.15) is 11.5 Å². The first kappa shape index (κ1) is 24.9. The van der Waals surface area contributed by atoms with Crippen molar-refractivity contribution in [2.75, 3.05) is 48.0 Å². The Balaban J connectivity index is 1.33. The quantitative estimate of drug-likeness (QED) is 0.357. The number of hydrogen-bond donors (Lipinski definition) is 1. The smallest absolute Gasteiger partial charge is 0.272 e. The van der Waals surface area contributed by atoms with Crippen molar-refractivity contribution >= 4 is 23.1 Å². The fourth-order valence-electron chi connectivity index (χ4n) is 5.06. The van der Waals surface area contributed by atoms with E-state index >= 15 is 0 Å². The van der Waals surface area contributed by atoms with Crippen LogP contribution in [0.1, 0.15) is 25.1 Å². The summed E-state index contributed by atoms with van der Waals surface area (Å²) in [5, 5.41) is 3.02. The zero-order chi connectivity index (χ0) is 26.9. The third kappa shape index (κ3) is 4.69. The average Bonchev–Trinajstić information content (AvgIpc) is 2.99. The van der Waals surface area contributed by atoms with E-state index in [1.54, 1.807) is 19.3 Å². The second-order valence-electron chi connectivity index (χ2n) is 9.63. The molecule has 2 aromatic heterocycles. The van der Waals surface area contributed by atoms with Crippen molar-refractivity contribution in [2.45, 2.75) is 32.9 Å². The van der Waals surface area contributed by atoms with Gasteiger partial charge in [-0.25, -0.2) is 19.9 Å². The lowest BCUT2D eigenvalue weighted by molar-refractivity contribution is 0.0984. The minimum absolute atomic E-state index is 0.0841. The molecule has 2 aliphatic heterocycles. The number of hydrogen-bond acceptors (Lipinski definition) is 11. The summed E-state index contributed by atoms with van der Waals surface area (Å²) >= 11 is 0. The third-order valence-electron chi connectivity index (χ3n) is 7.09. The highest BCUT2D eigenvalue weighted by Crippen LogP contribution is 2.33. The van der Waals surface area contributed by atoms with Crippen molar-refractivity contribution in [3.63, 3.8) is 0 Å². The van der Waals surface area contributed by atoms with Crippen LogP contribution < -0.4 is 30.7 Å². The van der Waals surface area contributed by atoms with Gasteiger partial charge in [-0.1, -0.05) is 0 Å². The lowest BCUT2D eigenvalue weighted by atomic mass is 10.0. The van der Waals surface area contributed by atoms with E-state index in [2.05, 4.69) is 32.0 Å². The van der Waals surface area contributed by atoms with Gasteiger partial charge < -0.3 is 24.6 Å². The zero-order valence-electron chi connectivity index (χ0n) is 21.9. The Morgan fingerprint density at radius 1 is 1.08 bits per heavy atom. The van der Waals surface area contributed by atoms with Crippen LogP contribution in [0, 0.1) is 0 Å². The van der Waals surface area contributed by atoms with Gasteiger partial charge in [-0.2, -0.15) is 0 Å². The SMILES string of the molecule is CCOc1c(Nc2ccc(-c3nc4c(c(N5CCOCC5C)n3)CCN(c3ncccn3)C4)cc2)c(=O)c1=O. The van der Waals surface area contributed by atoms with Crippen molar-refractivity contribution in [1.29, 1.82) is 0 Å². The Hall–Kier alpha value is -4.38. The van der Waals surface area contributed by atoms with Crippen LogP contribution in [0.2, 0.25) is 0 Å². The lowest BCUT2D eigenvalue weighted by Crippen LogP contribution is -2.45. The highest BCUT2D eigenvalue weighted by Gasteiger charge is 2.30. The van der Waals surface area contributed by atoms with E-state index in [4.69, 9.17) is 19.4 Å². The molecule has 6 rings (SSSR count). The summed E-state index contributed by atoms with van der Waals surface area (Å²) in [5.74, 6) is 2.34. The van der Waals surface area contributed by atoms with Crippen LogP contribution >= 0.6 is 0 Å². The largest absolute Gasteiger partial charge is 0.488 e. The summed E-state index contributed by atoms with van der Waals surface area (Å²) < 4.78 is 11.0. The maximum Gasteiger partial charge on any atom is 0.272 e. The van der Waals surface area contributed by atoms with Gasteiger partial charge in [-0.3, -0.25) is 9.59 Å². The van der Waals surface area contributed by atoms with E-state index in [0.717, 1.165) is 42.1 Å². The van der Waals surface area contributed by atoms with Gasteiger partial charge in [0.15, 0.2) is 11.6 Å². The summed E-state index contributed by atoms with van der Waals surface area (Å²) in [6, 6.07) is 9.50. The number of morpholine rings is 1. The molecular formula is C28H29N7O4. The van der Waals surface area contributed by atoms with Crippen LogP contribution in [0.5, 0.6) is 5.75 Å². The fourth-order valence-corrected chi connectivity index (χ4v) is 5.06. The second-order valence-corrected chi connectivity index (χ2v) is 9.63. The molecule has 0 saturated carbocycles. The Labute approximate surface area is 225 Å². The first-order valence-electron chi connectivity index (χ1n) is 13.1. The first-order valence-corrected chi connectivity index (χ1v) is 13.1. The molecule has 1 saturated heterocycles. The number of ether oxygens (including phenoxy) is 2. The molecule has 200 valence electrons. The minimum atomic E-state index is -0.599. The average molecular weight is 528 g/mol. The molecule has 1 N–H and O–H groups in total. The van der Waals surface area contributed by atoms with E-state index in [-0.39, 0.29) is 17.5 Å². The van der Waals surface area contributed by atoms with Crippen molar-refractivity contribution in [3.05, 3.63) is 74.4 Å². The molecular weight excluding hydrogens is 498 g/mol. The molecule has 2 aromatic carbocycles. The molecule has 0 radical (unpaired) electrons. The summed E-state index contributed by atoms with van der Waals surface area (Å²) in [6.07, 6.45) is 4.29. The molecule has 11 nitrogen and oxygen atoms in total. The number of nitrogens with one attached hydrogen (secondary N) is 1. The van der Waals surface area contributed by atoms with Crippen LogP contribution in [-0.4, -0.2) is 58.9 Å². The van der Waals surface area contributed by atoms with Gasteiger partial charge in [0.2, 0.25) is 5.95 Å². The molecule has 1 unspecified atom stereocenters. The van der Waals surface area contributed by atoms with Gasteiger partial charge in [-0.05, 0) is 50.6 Å². The number of nitrogens with zero attached hydrogens (tertiary/aromatic N) is 6. The highest BCUT2D eigenvalue weighted by molar-refractivity contribution is 5.72. The number of fused-ring (bicyclic) bond motifs is 1. The number of benzene rings is 1. The van der Waals surface area contributed by atoms with Crippen LogP contribution in [0.4, 0.5) is 23.1 Å². The van der Waals surface area contributed by atoms with Gasteiger partial charge in [0.25, 0.3) is 10.9 Å². The van der Waals surface area contributed by atoms with Crippen LogP contribution in [0.15, 0.2) is 52.3 Å². The number of aromatic nitrogens is 4. The molecule has 0 aliphatic carbocycles. The zero-order valence-corrected chi connectivity index (χ0v) is 21.9. The van der Waals surface area contributed by atoms with E-state index in [1.165, 1.54) is 0 Å². The predicted octanol–water partition coefficient (Wildman–Crippen LogP) is 2.46. The van der Waals surface area contributed by atoms with Crippen molar-refractivity contribution in [3.8, 4) is 17.1 Å². The Bertz CT molecular complexity index is 1550. The molecule has 4 aromatic rings. The maximum absolute atomic E-state index is 12.0. The molecule has 2 aliphatic rings. The molecule has 4 heterocycles. The monoisotopic (exact) mass is 527 g/mol. The molecule has 1 atom stereocenters. The van der Waals surface area contributed by atoms with Crippen molar-refractivity contribution in [2.24, 2.45) is 0 Å². The van der Waals surface area contributed by atoms with Gasteiger partial charge in [0.05, 0.1) is 38.1 Å². The topological polar surface area (TPSA) is 123 Å². The molecule has 0 spiro atoms. The minimum Gasteiger partial charge on any atom is -0.488 e. The predicted molar refractivity (Wildman–Crippen MR) is 148 cm³/mol. The molecule has 0 bridgehead atoms. The maximum atomic E-state index is 12.0. The van der Waals surface area contributed by atoms with E-state index in [1.807, 2.05) is 30.3 Å². The molecule has 1 fully saturated rings. The number of rotatable bonds is 7. The second kappa shape index (κ2) is 10.4. The van der Waals surface area contributed by atoms with Gasteiger partial charge >= 0.3 is 0 Å². The van der Waals surface area contributed by atoms with Crippen molar-refractivity contribution < 1.29 is 9.47 Å². The normalized spacial score (nSPS) is 17.2. The van der Waals surface area contributed by atoms with E-state index in [0.29, 0.717) is 43.8 Å². The molecule has 39 heavy (non-hydrogen) atoms. The van der Waals surface area contributed by atoms with Crippen LogP contribution in [0.3, 0.4) is 0 Å². The Morgan fingerprint density at radius 2 is 1.87 bits per heavy atom. The van der Waals surface area contributed by atoms with Crippen LogP contribution in [0.25, 0.3) is 11.4 Å². The fraction of sp³-hybridized carbons (Fsp3) is 0.357. The Kier molecular flexibility index (Phi) is 6.65. The highest BCUT2D eigenvalue weighted by atomic mass is 16.5. The van der Waals surface area contributed by atoms with Crippen LogP contribution in [-0.2, 0) is 17.7 Å². The first-order chi connectivity index (χ1) is 19.0. The Morgan fingerprint density at radius 3 is 2.62 bits per heavy atom. The van der Waals surface area contributed by atoms with Crippen molar-refractivity contribution in [1.82, 2.24) is 19.9 Å². The summed E-state index contributed by atoms with van der Waals surface area (Å²) in [4.78, 5) is 47.2. The lowest BCUT2D eigenvalue weighted by Gasteiger charge is -2.37. The van der Waals surface area contributed by atoms with Gasteiger partial charge in [-0.15, -0.1) is 0 Å². The summed E-state index contributed by atoms with van der Waals surface area (Å²) in [7, 11) is 0. The van der Waals surface area contributed by atoms with Gasteiger partial charge in [0, 0.05) is 42.3 Å². The van der Waals surface area contributed by atoms with E-state index < -0.39 is 10.9 Å². The number of anilines is 4. The standard InChI is InChI=1S/C28H29N7O4/c1-3-39-25-22(23(36)24(25)37)31-19-7-5-18(6-8-19)26-32-21-15-34(28-29-10-4-11-30-28)12-9-20(21)27(33-26)35-13-14-38-16-17(35)2/h4-8,10-11,17,31H,3,9,12-16H2,1-2H3. The third-order valence-corrected chi connectivity index (χ3v) is 7.09. The summed E-state index contributed by atoms with van der Waals surface area (Å²) in [5.41, 5.74) is 2.63. The molecule has 11 heteroatoms. The van der Waals surface area contributed by atoms with E-state index in [9.17, 15) is 9.59 Å².